The van der Waals surface area contributed by atoms with Gasteiger partial charge in [0.1, 0.15) is 5.82 Å². The molecule has 9 heteroatoms. The highest BCUT2D eigenvalue weighted by Gasteiger charge is 2.27. The van der Waals surface area contributed by atoms with Crippen molar-refractivity contribution >= 4 is 34.1 Å². The number of β-amino-alcohol motifs (C(OH)–C–C–N with tert-alkyl or cyclic N) is 1. The standard InChI is InChI=1S/C28H30ClFN6O/c1-17-26(15-32-36(17)22-5-6-22)34-28-31-14-20-12-24(29)23(13-25(20)33-28)18-7-9-35(10-8-18)16-27(37)19-3-2-4-21(30)11-19/h2-4,11-15,18,22,27,37H,5-10,16H2,1H3,(H,31,33,34)/t27-/m1/s1. The second-order valence-electron chi connectivity index (χ2n) is 10.2. The number of hydrogen-bond acceptors (Lipinski definition) is 6. The van der Waals surface area contributed by atoms with Crippen LogP contribution < -0.4 is 5.32 Å². The number of benzene rings is 2. The quantitative estimate of drug-likeness (QED) is 0.315. The lowest BCUT2D eigenvalue weighted by atomic mass is 9.88. The van der Waals surface area contributed by atoms with E-state index in [0.29, 0.717) is 30.0 Å². The Balaban J connectivity index is 1.14. The molecule has 1 saturated carbocycles. The average Bonchev–Trinajstić information content (AvgIpc) is 3.68. The van der Waals surface area contributed by atoms with Gasteiger partial charge >= 0.3 is 0 Å². The van der Waals surface area contributed by atoms with Crippen LogP contribution in [0.2, 0.25) is 5.02 Å². The molecule has 2 aromatic heterocycles. The lowest BCUT2D eigenvalue weighted by Gasteiger charge is -2.33. The van der Waals surface area contributed by atoms with Crippen LogP contribution in [0.3, 0.4) is 0 Å². The number of aliphatic hydroxyl groups is 1. The molecule has 2 fully saturated rings. The molecule has 1 saturated heterocycles. The van der Waals surface area contributed by atoms with Gasteiger partial charge in [-0.3, -0.25) is 4.68 Å². The Kier molecular flexibility index (Phi) is 6.56. The molecule has 1 atom stereocenters. The summed E-state index contributed by atoms with van der Waals surface area (Å²) in [5.41, 5.74) is 4.58. The van der Waals surface area contributed by atoms with E-state index in [-0.39, 0.29) is 5.82 Å². The Bertz CT molecular complexity index is 1430. The van der Waals surface area contributed by atoms with E-state index in [2.05, 4.69) is 38.0 Å². The van der Waals surface area contributed by atoms with Crippen molar-refractivity contribution in [1.29, 1.82) is 0 Å². The number of piperidine rings is 1. The van der Waals surface area contributed by atoms with Crippen molar-refractivity contribution in [2.24, 2.45) is 0 Å². The van der Waals surface area contributed by atoms with Crippen LogP contribution in [-0.2, 0) is 0 Å². The molecule has 0 bridgehead atoms. The first-order valence-electron chi connectivity index (χ1n) is 12.9. The fraction of sp³-hybridized carbons (Fsp3) is 0.393. The third-order valence-electron chi connectivity index (χ3n) is 7.57. The van der Waals surface area contributed by atoms with E-state index in [1.807, 2.05) is 12.3 Å². The Morgan fingerprint density at radius 3 is 2.70 bits per heavy atom. The first kappa shape index (κ1) is 24.3. The van der Waals surface area contributed by atoms with Gasteiger partial charge in [0.2, 0.25) is 5.95 Å². The third-order valence-corrected chi connectivity index (χ3v) is 7.90. The van der Waals surface area contributed by atoms with E-state index in [1.54, 1.807) is 18.3 Å². The van der Waals surface area contributed by atoms with Crippen LogP contribution in [0.25, 0.3) is 10.9 Å². The maximum absolute atomic E-state index is 13.5. The van der Waals surface area contributed by atoms with Gasteiger partial charge in [0.05, 0.1) is 35.2 Å². The van der Waals surface area contributed by atoms with E-state index in [0.717, 1.165) is 58.8 Å². The van der Waals surface area contributed by atoms with Gasteiger partial charge in [-0.2, -0.15) is 5.10 Å². The van der Waals surface area contributed by atoms with Crippen LogP contribution in [0.15, 0.2) is 48.8 Å². The summed E-state index contributed by atoms with van der Waals surface area (Å²) in [6.07, 6.45) is 7.16. The zero-order valence-electron chi connectivity index (χ0n) is 20.7. The monoisotopic (exact) mass is 520 g/mol. The minimum Gasteiger partial charge on any atom is -0.387 e. The van der Waals surface area contributed by atoms with Crippen LogP contribution in [-0.4, -0.2) is 49.4 Å². The predicted molar refractivity (Wildman–Crippen MR) is 143 cm³/mol. The molecule has 6 rings (SSSR count). The van der Waals surface area contributed by atoms with E-state index in [1.165, 1.54) is 25.0 Å². The zero-order valence-corrected chi connectivity index (χ0v) is 21.5. The summed E-state index contributed by atoms with van der Waals surface area (Å²) in [4.78, 5) is 11.5. The van der Waals surface area contributed by atoms with Gasteiger partial charge < -0.3 is 15.3 Å². The summed E-state index contributed by atoms with van der Waals surface area (Å²) in [6, 6.07) is 10.8. The van der Waals surface area contributed by atoms with Crippen molar-refractivity contribution in [2.45, 2.75) is 50.7 Å². The zero-order chi connectivity index (χ0) is 25.5. The number of anilines is 2. The molecule has 2 aromatic carbocycles. The molecule has 0 amide bonds. The van der Waals surface area contributed by atoms with E-state index < -0.39 is 6.10 Å². The van der Waals surface area contributed by atoms with Gasteiger partial charge in [-0.1, -0.05) is 23.7 Å². The molecule has 0 spiro atoms. The fourth-order valence-electron chi connectivity index (χ4n) is 5.28. The summed E-state index contributed by atoms with van der Waals surface area (Å²) in [7, 11) is 0. The van der Waals surface area contributed by atoms with Crippen LogP contribution >= 0.6 is 11.6 Å². The highest BCUT2D eigenvalue weighted by molar-refractivity contribution is 6.32. The SMILES string of the molecule is Cc1c(Nc2ncc3cc(Cl)c(C4CCN(C[C@@H](O)c5cccc(F)c5)CC4)cc3n2)cnn1C1CC1. The van der Waals surface area contributed by atoms with E-state index >= 15 is 0 Å². The van der Waals surface area contributed by atoms with Gasteiger partial charge in [-0.15, -0.1) is 0 Å². The number of nitrogens with zero attached hydrogens (tertiary/aromatic N) is 5. The Morgan fingerprint density at radius 2 is 1.95 bits per heavy atom. The topological polar surface area (TPSA) is 79.1 Å². The third kappa shape index (κ3) is 5.19. The Labute approximate surface area is 220 Å². The largest absolute Gasteiger partial charge is 0.387 e. The summed E-state index contributed by atoms with van der Waals surface area (Å²) in [5.74, 6) is 0.525. The molecule has 37 heavy (non-hydrogen) atoms. The maximum Gasteiger partial charge on any atom is 0.227 e. The number of rotatable bonds is 7. The maximum atomic E-state index is 13.5. The lowest BCUT2D eigenvalue weighted by Crippen LogP contribution is -2.36. The number of aliphatic hydroxyl groups excluding tert-OH is 1. The smallest absolute Gasteiger partial charge is 0.227 e. The van der Waals surface area contributed by atoms with Crippen molar-refractivity contribution in [2.75, 3.05) is 25.0 Å². The molecule has 1 aliphatic carbocycles. The minimum absolute atomic E-state index is 0.310. The van der Waals surface area contributed by atoms with Crippen molar-refractivity contribution in [3.05, 3.63) is 76.5 Å². The molecule has 4 aromatic rings. The molecular formula is C28H30ClFN6O. The average molecular weight is 521 g/mol. The van der Waals surface area contributed by atoms with Crippen LogP contribution in [0.5, 0.6) is 0 Å². The molecule has 0 radical (unpaired) electrons. The summed E-state index contributed by atoms with van der Waals surface area (Å²) >= 11 is 6.71. The van der Waals surface area contributed by atoms with Crippen LogP contribution in [0.1, 0.15) is 60.6 Å². The number of hydrogen-bond donors (Lipinski definition) is 2. The Morgan fingerprint density at radius 1 is 1.14 bits per heavy atom. The first-order chi connectivity index (χ1) is 17.9. The highest BCUT2D eigenvalue weighted by Crippen LogP contribution is 2.38. The summed E-state index contributed by atoms with van der Waals surface area (Å²) in [5, 5.41) is 20.0. The molecule has 3 heterocycles. The number of nitrogens with one attached hydrogen (secondary N) is 1. The van der Waals surface area contributed by atoms with Gasteiger partial charge in [0.15, 0.2) is 0 Å². The van der Waals surface area contributed by atoms with Gasteiger partial charge in [-0.05, 0) is 87.0 Å². The minimum atomic E-state index is -0.709. The van der Waals surface area contributed by atoms with Crippen LogP contribution in [0.4, 0.5) is 16.0 Å². The van der Waals surface area contributed by atoms with Crippen molar-refractivity contribution < 1.29 is 9.50 Å². The molecule has 7 nitrogen and oxygen atoms in total. The molecule has 1 aliphatic heterocycles. The first-order valence-corrected chi connectivity index (χ1v) is 13.3. The number of aromatic nitrogens is 4. The lowest BCUT2D eigenvalue weighted by molar-refractivity contribution is 0.0970. The van der Waals surface area contributed by atoms with Crippen molar-refractivity contribution in [3.8, 4) is 0 Å². The van der Waals surface area contributed by atoms with Gasteiger partial charge in [0, 0.05) is 23.2 Å². The second kappa shape index (κ2) is 10.0. The predicted octanol–water partition coefficient (Wildman–Crippen LogP) is 5.92. The number of halogens is 2. The van der Waals surface area contributed by atoms with E-state index in [9.17, 15) is 9.50 Å². The summed E-state index contributed by atoms with van der Waals surface area (Å²) < 4.78 is 15.6. The van der Waals surface area contributed by atoms with Crippen LogP contribution in [0, 0.1) is 12.7 Å². The van der Waals surface area contributed by atoms with Crippen molar-refractivity contribution in [1.82, 2.24) is 24.6 Å². The Hall–Kier alpha value is -3.07. The normalized spacial score (nSPS) is 17.8. The highest BCUT2D eigenvalue weighted by atomic mass is 35.5. The molecule has 2 aliphatic rings. The van der Waals surface area contributed by atoms with E-state index in [4.69, 9.17) is 16.6 Å². The molecule has 192 valence electrons. The second-order valence-corrected chi connectivity index (χ2v) is 10.6. The molecule has 2 N–H and O–H groups in total. The molecule has 0 unspecified atom stereocenters. The van der Waals surface area contributed by atoms with Gasteiger partial charge in [-0.25, -0.2) is 14.4 Å². The molecular weight excluding hydrogens is 491 g/mol. The van der Waals surface area contributed by atoms with Crippen molar-refractivity contribution in [3.63, 3.8) is 0 Å². The summed E-state index contributed by atoms with van der Waals surface area (Å²) in [6.45, 7) is 4.23. The van der Waals surface area contributed by atoms with Gasteiger partial charge in [0.25, 0.3) is 0 Å². The number of fused-ring (bicyclic) bond motifs is 1. The fourth-order valence-corrected chi connectivity index (χ4v) is 5.61. The number of likely N-dealkylation sites (tertiary alicyclic amines) is 1.